The molecule has 0 radical (unpaired) electrons. The number of hydrogen-bond donors (Lipinski definition) is 0. The highest BCUT2D eigenvalue weighted by molar-refractivity contribution is 9.10. The summed E-state index contributed by atoms with van der Waals surface area (Å²) >= 11 is 7.63. The van der Waals surface area contributed by atoms with E-state index in [-0.39, 0.29) is 17.2 Å². The number of hydrogen-bond acceptors (Lipinski definition) is 6. The summed E-state index contributed by atoms with van der Waals surface area (Å²) in [6.45, 7) is 4.58. The summed E-state index contributed by atoms with van der Waals surface area (Å²) in [5, 5.41) is -0.473. The first-order valence-corrected chi connectivity index (χ1v) is 12.4. The minimum Gasteiger partial charge on any atom is -0.490 e. The second-order valence-electron chi connectivity index (χ2n) is 6.81. The Balaban J connectivity index is 1.82. The van der Waals surface area contributed by atoms with Gasteiger partial charge in [-0.15, -0.1) is 0 Å². The zero-order valence-electron chi connectivity index (χ0n) is 17.5. The number of Topliss-reactive ketones (excluding diaryl/α,β-unsaturated/α-hetero) is 1. The van der Waals surface area contributed by atoms with Crippen molar-refractivity contribution in [1.82, 2.24) is 4.90 Å². The molecule has 2 aromatic carbocycles. The van der Waals surface area contributed by atoms with Gasteiger partial charge in [-0.2, -0.15) is 0 Å². The van der Waals surface area contributed by atoms with Crippen molar-refractivity contribution < 1.29 is 23.9 Å². The van der Waals surface area contributed by atoms with E-state index >= 15 is 0 Å². The fourth-order valence-corrected chi connectivity index (χ4v) is 4.61. The Hall–Kier alpha value is -2.10. The van der Waals surface area contributed by atoms with Gasteiger partial charge in [0.25, 0.3) is 11.1 Å². The number of halogens is 2. The Morgan fingerprint density at radius 1 is 1.09 bits per heavy atom. The lowest BCUT2D eigenvalue weighted by Gasteiger charge is -2.14. The molecule has 168 valence electrons. The zero-order chi connectivity index (χ0) is 23.3. The molecule has 0 saturated carbocycles. The van der Waals surface area contributed by atoms with E-state index in [1.165, 1.54) is 0 Å². The number of amides is 2. The highest BCUT2D eigenvalue weighted by Gasteiger charge is 2.36. The molecule has 0 N–H and O–H groups in total. The minimum atomic E-state index is -0.495. The van der Waals surface area contributed by atoms with E-state index in [1.807, 2.05) is 13.8 Å². The average molecular weight is 583 g/mol. The van der Waals surface area contributed by atoms with E-state index < -0.39 is 11.1 Å². The summed E-state index contributed by atoms with van der Waals surface area (Å²) in [5.41, 5.74) is 1.11. The van der Waals surface area contributed by atoms with E-state index in [0.717, 1.165) is 27.6 Å². The first-order valence-electron chi connectivity index (χ1n) is 9.97. The molecule has 1 aliphatic heterocycles. The highest BCUT2D eigenvalue weighted by Crippen LogP contribution is 2.39. The van der Waals surface area contributed by atoms with Crippen LogP contribution in [-0.2, 0) is 4.79 Å². The third-order valence-electron chi connectivity index (χ3n) is 4.42. The molecule has 1 saturated heterocycles. The quantitative estimate of drug-likeness (QED) is 0.254. The predicted octanol–water partition coefficient (Wildman–Crippen LogP) is 6.32. The third-order valence-corrected chi connectivity index (χ3v) is 6.45. The van der Waals surface area contributed by atoms with Gasteiger partial charge in [0, 0.05) is 10.0 Å². The second-order valence-corrected chi connectivity index (χ2v) is 9.57. The number of ether oxygens (including phenoxy) is 2. The molecule has 0 aliphatic carbocycles. The third kappa shape index (κ3) is 5.82. The maximum Gasteiger partial charge on any atom is 0.293 e. The maximum atomic E-state index is 12.8. The topological polar surface area (TPSA) is 72.9 Å². The smallest absolute Gasteiger partial charge is 0.293 e. The van der Waals surface area contributed by atoms with Crippen LogP contribution in [0, 0.1) is 0 Å². The van der Waals surface area contributed by atoms with Crippen molar-refractivity contribution in [1.29, 1.82) is 0 Å². The van der Waals surface area contributed by atoms with Crippen molar-refractivity contribution in [3.05, 3.63) is 61.4 Å². The van der Waals surface area contributed by atoms with Crippen molar-refractivity contribution in [2.24, 2.45) is 0 Å². The maximum absolute atomic E-state index is 12.8. The largest absolute Gasteiger partial charge is 0.490 e. The van der Waals surface area contributed by atoms with E-state index in [1.54, 1.807) is 42.5 Å². The van der Waals surface area contributed by atoms with Crippen LogP contribution < -0.4 is 9.47 Å². The molecule has 1 fully saturated rings. The van der Waals surface area contributed by atoms with Gasteiger partial charge in [-0.3, -0.25) is 19.3 Å². The van der Waals surface area contributed by atoms with Gasteiger partial charge in [0.05, 0.1) is 29.1 Å². The van der Waals surface area contributed by atoms with Gasteiger partial charge >= 0.3 is 0 Å². The number of rotatable bonds is 9. The molecule has 2 aromatic rings. The Bertz CT molecular complexity index is 1070. The van der Waals surface area contributed by atoms with E-state index in [0.29, 0.717) is 40.3 Å². The van der Waals surface area contributed by atoms with Crippen LogP contribution in [0.5, 0.6) is 11.5 Å². The van der Waals surface area contributed by atoms with Crippen LogP contribution in [0.2, 0.25) is 0 Å². The lowest BCUT2D eigenvalue weighted by Crippen LogP contribution is -2.33. The zero-order valence-corrected chi connectivity index (χ0v) is 21.5. The number of carbonyl (C=O) groups excluding carboxylic acids is 3. The number of ketones is 1. The fraction of sp³-hybridized carbons (Fsp3) is 0.261. The Labute approximate surface area is 207 Å². The standard InChI is InChI=1S/C23H21Br2NO5S/c1-3-9-31-21-17(25)10-14(11-19(21)30-4-2)12-20-22(28)26(23(29)32-20)13-18(27)15-5-7-16(24)8-6-15/h5-8,10-12H,3-4,9,13H2,1-2H3/b20-12-. The first-order chi connectivity index (χ1) is 15.3. The Morgan fingerprint density at radius 3 is 2.47 bits per heavy atom. The van der Waals surface area contributed by atoms with E-state index in [4.69, 9.17) is 9.47 Å². The second kappa shape index (κ2) is 11.2. The van der Waals surface area contributed by atoms with E-state index in [9.17, 15) is 14.4 Å². The first kappa shape index (κ1) is 24.5. The van der Waals surface area contributed by atoms with Crippen LogP contribution in [0.25, 0.3) is 6.08 Å². The molecule has 1 aliphatic rings. The van der Waals surface area contributed by atoms with Gasteiger partial charge < -0.3 is 9.47 Å². The normalized spacial score (nSPS) is 14.9. The molecule has 0 unspecified atom stereocenters. The Morgan fingerprint density at radius 2 is 1.81 bits per heavy atom. The van der Waals surface area contributed by atoms with Crippen LogP contribution in [0.1, 0.15) is 36.2 Å². The van der Waals surface area contributed by atoms with Crippen molar-refractivity contribution in [3.8, 4) is 11.5 Å². The molecular weight excluding hydrogens is 562 g/mol. The summed E-state index contributed by atoms with van der Waals surface area (Å²) in [6, 6.07) is 10.3. The van der Waals surface area contributed by atoms with Crippen molar-refractivity contribution in [2.75, 3.05) is 19.8 Å². The number of benzene rings is 2. The molecule has 1 heterocycles. The molecule has 0 bridgehead atoms. The molecule has 2 amide bonds. The number of carbonyl (C=O) groups is 3. The van der Waals surface area contributed by atoms with Crippen LogP contribution in [0.15, 0.2) is 50.2 Å². The number of nitrogens with zero attached hydrogens (tertiary/aromatic N) is 1. The molecule has 3 rings (SSSR count). The van der Waals surface area contributed by atoms with Crippen LogP contribution in [-0.4, -0.2) is 41.6 Å². The minimum absolute atomic E-state index is 0.246. The van der Waals surface area contributed by atoms with Crippen molar-refractivity contribution >= 4 is 66.6 Å². The van der Waals surface area contributed by atoms with Gasteiger partial charge in [0.1, 0.15) is 0 Å². The van der Waals surface area contributed by atoms with Gasteiger partial charge in [0.2, 0.25) is 0 Å². The summed E-state index contributed by atoms with van der Waals surface area (Å²) < 4.78 is 13.0. The SMILES string of the molecule is CCCOc1c(Br)cc(/C=C2\SC(=O)N(CC(=O)c3ccc(Br)cc3)C2=O)cc1OCC. The number of thioether (sulfide) groups is 1. The van der Waals surface area contributed by atoms with Gasteiger partial charge in [-0.25, -0.2) is 0 Å². The highest BCUT2D eigenvalue weighted by atomic mass is 79.9. The molecular formula is C23H21Br2NO5S. The summed E-state index contributed by atoms with van der Waals surface area (Å²) in [6.07, 6.45) is 2.47. The molecule has 32 heavy (non-hydrogen) atoms. The lowest BCUT2D eigenvalue weighted by molar-refractivity contribution is -0.122. The van der Waals surface area contributed by atoms with Gasteiger partial charge in [-0.05, 0) is 76.9 Å². The van der Waals surface area contributed by atoms with Gasteiger partial charge in [-0.1, -0.05) is 35.0 Å². The molecule has 0 spiro atoms. The summed E-state index contributed by atoms with van der Waals surface area (Å²) in [4.78, 5) is 39.0. The predicted molar refractivity (Wildman–Crippen MR) is 132 cm³/mol. The van der Waals surface area contributed by atoms with Crippen LogP contribution >= 0.6 is 43.6 Å². The summed E-state index contributed by atoms with van der Waals surface area (Å²) in [5.74, 6) is 0.343. The van der Waals surface area contributed by atoms with Crippen molar-refractivity contribution in [3.63, 3.8) is 0 Å². The van der Waals surface area contributed by atoms with Crippen molar-refractivity contribution in [2.45, 2.75) is 20.3 Å². The molecule has 0 atom stereocenters. The lowest BCUT2D eigenvalue weighted by atomic mass is 10.1. The van der Waals surface area contributed by atoms with Gasteiger partial charge in [0.15, 0.2) is 17.3 Å². The monoisotopic (exact) mass is 581 g/mol. The molecule has 9 heteroatoms. The Kier molecular flexibility index (Phi) is 8.56. The molecule has 6 nitrogen and oxygen atoms in total. The summed E-state index contributed by atoms with van der Waals surface area (Å²) in [7, 11) is 0. The van der Waals surface area contributed by atoms with Crippen LogP contribution in [0.4, 0.5) is 4.79 Å². The molecule has 0 aromatic heterocycles. The fourth-order valence-electron chi connectivity index (χ4n) is 2.94. The number of imide groups is 1. The van der Waals surface area contributed by atoms with E-state index in [2.05, 4.69) is 31.9 Å². The average Bonchev–Trinajstić information content (AvgIpc) is 3.01. The van der Waals surface area contributed by atoms with Crippen LogP contribution in [0.3, 0.4) is 0 Å².